The van der Waals surface area contributed by atoms with E-state index in [1.165, 1.54) is 37.2 Å². The Kier molecular flexibility index (Phi) is 4.04. The zero-order valence-electron chi connectivity index (χ0n) is 11.8. The fourth-order valence-corrected chi connectivity index (χ4v) is 3.24. The van der Waals surface area contributed by atoms with Crippen molar-refractivity contribution in [1.29, 1.82) is 0 Å². The predicted molar refractivity (Wildman–Crippen MR) is 78.8 cm³/mol. The van der Waals surface area contributed by atoms with Gasteiger partial charge in [-0.3, -0.25) is 0 Å². The van der Waals surface area contributed by atoms with Crippen molar-refractivity contribution in [3.8, 4) is 0 Å². The zero-order chi connectivity index (χ0) is 13.1. The van der Waals surface area contributed by atoms with Gasteiger partial charge in [-0.05, 0) is 37.9 Å². The quantitative estimate of drug-likeness (QED) is 0.904. The van der Waals surface area contributed by atoms with Crippen LogP contribution in [-0.2, 0) is 4.74 Å². The molecule has 3 heteroatoms. The van der Waals surface area contributed by atoms with E-state index in [1.54, 1.807) is 0 Å². The smallest absolute Gasteiger partial charge is 0.0673 e. The number of nitrogens with zero attached hydrogens (tertiary/aromatic N) is 1. The van der Waals surface area contributed by atoms with E-state index in [1.807, 2.05) is 0 Å². The van der Waals surface area contributed by atoms with E-state index in [0.29, 0.717) is 12.0 Å². The summed E-state index contributed by atoms with van der Waals surface area (Å²) in [5.41, 5.74) is 2.83. The first-order chi connectivity index (χ1) is 9.33. The lowest BCUT2D eigenvalue weighted by Crippen LogP contribution is -2.32. The minimum absolute atomic E-state index is 0.386. The second-order valence-corrected chi connectivity index (χ2v) is 5.79. The number of fused-ring (bicyclic) bond motifs is 1. The van der Waals surface area contributed by atoms with Gasteiger partial charge in [0.05, 0.1) is 6.10 Å². The summed E-state index contributed by atoms with van der Waals surface area (Å²) in [6.07, 6.45) is 2.80. The van der Waals surface area contributed by atoms with Gasteiger partial charge in [0.15, 0.2) is 0 Å². The lowest BCUT2D eigenvalue weighted by atomic mass is 9.97. The molecule has 1 fully saturated rings. The summed E-state index contributed by atoms with van der Waals surface area (Å²) in [5, 5.41) is 3.52. The van der Waals surface area contributed by atoms with E-state index in [9.17, 15) is 0 Å². The Morgan fingerprint density at radius 1 is 1.37 bits per heavy atom. The van der Waals surface area contributed by atoms with Crippen LogP contribution in [0.5, 0.6) is 0 Å². The molecule has 19 heavy (non-hydrogen) atoms. The SMILES string of the molecule is CC1CN(CCC2CNc3ccccc32)CCCO1. The Bertz CT molecular complexity index is 421. The normalized spacial score (nSPS) is 27.6. The van der Waals surface area contributed by atoms with Crippen LogP contribution in [-0.4, -0.2) is 43.8 Å². The summed E-state index contributed by atoms with van der Waals surface area (Å²) in [6, 6.07) is 8.73. The van der Waals surface area contributed by atoms with Gasteiger partial charge >= 0.3 is 0 Å². The van der Waals surface area contributed by atoms with Crippen molar-refractivity contribution in [3.63, 3.8) is 0 Å². The number of hydrogen-bond donors (Lipinski definition) is 1. The summed E-state index contributed by atoms with van der Waals surface area (Å²) in [5.74, 6) is 0.677. The molecule has 104 valence electrons. The van der Waals surface area contributed by atoms with Crippen molar-refractivity contribution in [2.45, 2.75) is 31.8 Å². The molecule has 1 aromatic rings. The van der Waals surface area contributed by atoms with E-state index in [2.05, 4.69) is 41.4 Å². The molecule has 0 amide bonds. The van der Waals surface area contributed by atoms with Crippen LogP contribution in [0.15, 0.2) is 24.3 Å². The number of ether oxygens (including phenoxy) is 1. The highest BCUT2D eigenvalue weighted by atomic mass is 16.5. The van der Waals surface area contributed by atoms with Gasteiger partial charge in [-0.25, -0.2) is 0 Å². The minimum Gasteiger partial charge on any atom is -0.384 e. The van der Waals surface area contributed by atoms with E-state index >= 15 is 0 Å². The van der Waals surface area contributed by atoms with Crippen LogP contribution >= 0.6 is 0 Å². The van der Waals surface area contributed by atoms with E-state index in [0.717, 1.165) is 19.7 Å². The molecule has 2 heterocycles. The first kappa shape index (κ1) is 12.9. The minimum atomic E-state index is 0.386. The first-order valence-electron chi connectivity index (χ1n) is 7.49. The predicted octanol–water partition coefficient (Wildman–Crippen LogP) is 2.70. The molecule has 3 rings (SSSR count). The average Bonchev–Trinajstić information content (AvgIpc) is 2.72. The van der Waals surface area contributed by atoms with E-state index in [-0.39, 0.29) is 0 Å². The number of para-hydroxylation sites is 1. The highest BCUT2D eigenvalue weighted by Crippen LogP contribution is 2.33. The standard InChI is InChI=1S/C16H24N2O/c1-13-12-18(8-4-10-19-13)9-7-14-11-17-16-6-3-2-5-15(14)16/h2-3,5-6,13-14,17H,4,7-12H2,1H3. The van der Waals surface area contributed by atoms with Crippen molar-refractivity contribution in [1.82, 2.24) is 4.90 Å². The van der Waals surface area contributed by atoms with E-state index in [4.69, 9.17) is 4.74 Å². The maximum atomic E-state index is 5.71. The fourth-order valence-electron chi connectivity index (χ4n) is 3.24. The van der Waals surface area contributed by atoms with Crippen LogP contribution in [0.25, 0.3) is 0 Å². The van der Waals surface area contributed by atoms with Gasteiger partial charge in [0, 0.05) is 37.8 Å². The third kappa shape index (κ3) is 3.10. The number of nitrogens with one attached hydrogen (secondary N) is 1. The Morgan fingerprint density at radius 2 is 2.26 bits per heavy atom. The average molecular weight is 260 g/mol. The topological polar surface area (TPSA) is 24.5 Å². The van der Waals surface area contributed by atoms with Crippen molar-refractivity contribution in [2.75, 3.05) is 38.1 Å². The second-order valence-electron chi connectivity index (χ2n) is 5.79. The molecular formula is C16H24N2O. The van der Waals surface area contributed by atoms with Crippen LogP contribution in [0, 0.1) is 0 Å². The molecule has 0 radical (unpaired) electrons. The highest BCUT2D eigenvalue weighted by molar-refractivity contribution is 5.57. The summed E-state index contributed by atoms with van der Waals surface area (Å²) in [7, 11) is 0. The molecule has 0 bridgehead atoms. The van der Waals surface area contributed by atoms with Gasteiger partial charge < -0.3 is 15.0 Å². The highest BCUT2D eigenvalue weighted by Gasteiger charge is 2.23. The monoisotopic (exact) mass is 260 g/mol. The van der Waals surface area contributed by atoms with Crippen LogP contribution in [0.3, 0.4) is 0 Å². The maximum absolute atomic E-state index is 5.71. The molecule has 2 aliphatic rings. The third-order valence-electron chi connectivity index (χ3n) is 4.27. The molecule has 0 aliphatic carbocycles. The van der Waals surface area contributed by atoms with Crippen LogP contribution < -0.4 is 5.32 Å². The first-order valence-corrected chi connectivity index (χ1v) is 7.49. The molecule has 2 atom stereocenters. The van der Waals surface area contributed by atoms with Crippen LogP contribution in [0.1, 0.15) is 31.2 Å². The van der Waals surface area contributed by atoms with E-state index < -0.39 is 0 Å². The molecule has 0 aromatic heterocycles. The molecular weight excluding hydrogens is 236 g/mol. The second kappa shape index (κ2) is 5.93. The van der Waals surface area contributed by atoms with Crippen LogP contribution in [0.4, 0.5) is 5.69 Å². The van der Waals surface area contributed by atoms with Crippen molar-refractivity contribution >= 4 is 5.69 Å². The van der Waals surface area contributed by atoms with Gasteiger partial charge in [-0.2, -0.15) is 0 Å². The third-order valence-corrected chi connectivity index (χ3v) is 4.27. The maximum Gasteiger partial charge on any atom is 0.0673 e. The van der Waals surface area contributed by atoms with Gasteiger partial charge in [-0.1, -0.05) is 18.2 Å². The molecule has 0 spiro atoms. The Morgan fingerprint density at radius 3 is 3.21 bits per heavy atom. The summed E-state index contributed by atoms with van der Waals surface area (Å²) in [4.78, 5) is 2.57. The number of rotatable bonds is 3. The Hall–Kier alpha value is -1.06. The van der Waals surface area contributed by atoms with Gasteiger partial charge in [-0.15, -0.1) is 0 Å². The Labute approximate surface area is 115 Å². The number of anilines is 1. The van der Waals surface area contributed by atoms with Crippen molar-refractivity contribution in [2.24, 2.45) is 0 Å². The Balaban J connectivity index is 1.55. The molecule has 2 aliphatic heterocycles. The molecule has 2 unspecified atom stereocenters. The largest absolute Gasteiger partial charge is 0.384 e. The van der Waals surface area contributed by atoms with Gasteiger partial charge in [0.2, 0.25) is 0 Å². The fraction of sp³-hybridized carbons (Fsp3) is 0.625. The van der Waals surface area contributed by atoms with Gasteiger partial charge in [0.1, 0.15) is 0 Å². The summed E-state index contributed by atoms with van der Waals surface area (Å²) in [6.45, 7) is 7.66. The molecule has 3 nitrogen and oxygen atoms in total. The number of hydrogen-bond acceptors (Lipinski definition) is 3. The molecule has 1 N–H and O–H groups in total. The zero-order valence-corrected chi connectivity index (χ0v) is 11.8. The lowest BCUT2D eigenvalue weighted by molar-refractivity contribution is 0.0674. The summed E-state index contributed by atoms with van der Waals surface area (Å²) >= 11 is 0. The van der Waals surface area contributed by atoms with Gasteiger partial charge in [0.25, 0.3) is 0 Å². The molecule has 1 aromatic carbocycles. The molecule has 1 saturated heterocycles. The van der Waals surface area contributed by atoms with Crippen LogP contribution in [0.2, 0.25) is 0 Å². The lowest BCUT2D eigenvalue weighted by Gasteiger charge is -2.23. The van der Waals surface area contributed by atoms with Crippen molar-refractivity contribution < 1.29 is 4.74 Å². The molecule has 0 saturated carbocycles. The number of benzene rings is 1. The summed E-state index contributed by atoms with van der Waals surface area (Å²) < 4.78 is 5.71. The van der Waals surface area contributed by atoms with Crippen molar-refractivity contribution in [3.05, 3.63) is 29.8 Å².